The second-order valence-electron chi connectivity index (χ2n) is 8.34. The molecule has 1 unspecified atom stereocenters. The van der Waals surface area contributed by atoms with Crippen LogP contribution in [0.2, 0.25) is 0 Å². The summed E-state index contributed by atoms with van der Waals surface area (Å²) in [7, 11) is 1.71. The largest absolute Gasteiger partial charge is 0.433 e. The zero-order valence-corrected chi connectivity index (χ0v) is 19.3. The minimum Gasteiger partial charge on any atom is -0.342 e. The van der Waals surface area contributed by atoms with Gasteiger partial charge in [0.15, 0.2) is 0 Å². The minimum atomic E-state index is -4.57. The van der Waals surface area contributed by atoms with Crippen LogP contribution in [-0.4, -0.2) is 62.7 Å². The molecule has 0 saturated carbocycles. The van der Waals surface area contributed by atoms with Gasteiger partial charge in [-0.05, 0) is 49.2 Å². The molecule has 2 amide bonds. The number of hydrogen-bond donors (Lipinski definition) is 1. The molecule has 1 N–H and O–H groups in total. The third kappa shape index (κ3) is 5.23. The number of likely N-dealkylation sites (N-methyl/N-ethyl adjacent to an activating group) is 1. The van der Waals surface area contributed by atoms with Crippen molar-refractivity contribution in [1.29, 1.82) is 0 Å². The van der Waals surface area contributed by atoms with Crippen LogP contribution in [0.25, 0.3) is 11.1 Å². The molecule has 0 spiro atoms. The number of rotatable bonds is 4. The Labute approximate surface area is 199 Å². The Balaban J connectivity index is 1.54. The standard InChI is InChI=1S/C24H23F3N6O2/c1-14-10-17(12-18(11-14)30-23-28-7-6-20(31-23)24(25,26)27)16-4-5-19(29-13-16)22(35)33-9-8-32(3)21(34)15(33)2/h4-7,10-13,15H,8-9H2,1-3H3,(H,28,30,31). The third-order valence-electron chi connectivity index (χ3n) is 5.73. The van der Waals surface area contributed by atoms with E-state index in [0.717, 1.165) is 23.4 Å². The van der Waals surface area contributed by atoms with Crippen LogP contribution < -0.4 is 5.32 Å². The number of pyridine rings is 1. The fourth-order valence-corrected chi connectivity index (χ4v) is 3.86. The second kappa shape index (κ2) is 9.32. The van der Waals surface area contributed by atoms with Gasteiger partial charge in [-0.25, -0.2) is 9.97 Å². The van der Waals surface area contributed by atoms with Gasteiger partial charge in [-0.2, -0.15) is 13.2 Å². The van der Waals surface area contributed by atoms with Crippen LogP contribution in [0.3, 0.4) is 0 Å². The van der Waals surface area contributed by atoms with Crippen LogP contribution in [-0.2, 0) is 11.0 Å². The fraction of sp³-hybridized carbons (Fsp3) is 0.292. The minimum absolute atomic E-state index is 0.120. The molecule has 3 heterocycles. The predicted octanol–water partition coefficient (Wildman–Crippen LogP) is 3.91. The number of nitrogens with zero attached hydrogens (tertiary/aromatic N) is 5. The maximum Gasteiger partial charge on any atom is 0.433 e. The summed E-state index contributed by atoms with van der Waals surface area (Å²) in [5.74, 6) is -0.615. The molecule has 2 aromatic heterocycles. The second-order valence-corrected chi connectivity index (χ2v) is 8.34. The number of anilines is 2. The molecule has 0 bridgehead atoms. The first-order valence-corrected chi connectivity index (χ1v) is 10.8. The summed E-state index contributed by atoms with van der Waals surface area (Å²) in [6.07, 6.45) is -1.98. The van der Waals surface area contributed by atoms with Crippen molar-refractivity contribution in [2.75, 3.05) is 25.5 Å². The zero-order valence-electron chi connectivity index (χ0n) is 19.3. The summed E-state index contributed by atoms with van der Waals surface area (Å²) >= 11 is 0. The Kier molecular flexibility index (Phi) is 6.42. The van der Waals surface area contributed by atoms with E-state index >= 15 is 0 Å². The van der Waals surface area contributed by atoms with Crippen LogP contribution >= 0.6 is 0 Å². The van der Waals surface area contributed by atoms with Crippen molar-refractivity contribution in [3.05, 3.63) is 65.7 Å². The summed E-state index contributed by atoms with van der Waals surface area (Å²) in [4.78, 5) is 39.9. The number of nitrogens with one attached hydrogen (secondary N) is 1. The number of piperazine rings is 1. The van der Waals surface area contributed by atoms with E-state index in [4.69, 9.17) is 0 Å². The molecule has 1 aliphatic rings. The Bertz CT molecular complexity index is 1260. The van der Waals surface area contributed by atoms with Crippen molar-refractivity contribution in [2.45, 2.75) is 26.1 Å². The van der Waals surface area contributed by atoms with Crippen molar-refractivity contribution >= 4 is 23.5 Å². The molecular weight excluding hydrogens is 461 g/mol. The van der Waals surface area contributed by atoms with E-state index in [0.29, 0.717) is 24.3 Å². The van der Waals surface area contributed by atoms with Gasteiger partial charge in [0.2, 0.25) is 11.9 Å². The van der Waals surface area contributed by atoms with E-state index < -0.39 is 17.9 Å². The topological polar surface area (TPSA) is 91.3 Å². The summed E-state index contributed by atoms with van der Waals surface area (Å²) in [6.45, 7) is 4.43. The van der Waals surface area contributed by atoms with Gasteiger partial charge in [0.1, 0.15) is 17.4 Å². The molecule has 182 valence electrons. The van der Waals surface area contributed by atoms with E-state index in [-0.39, 0.29) is 23.5 Å². The first-order valence-electron chi connectivity index (χ1n) is 10.8. The van der Waals surface area contributed by atoms with Crippen LogP contribution in [0.4, 0.5) is 24.8 Å². The van der Waals surface area contributed by atoms with Gasteiger partial charge >= 0.3 is 6.18 Å². The molecule has 1 atom stereocenters. The van der Waals surface area contributed by atoms with E-state index in [9.17, 15) is 22.8 Å². The first kappa shape index (κ1) is 24.1. The summed E-state index contributed by atoms with van der Waals surface area (Å²) in [6, 6.07) is 8.95. The SMILES string of the molecule is Cc1cc(Nc2nccc(C(F)(F)F)n2)cc(-c2ccc(C(=O)N3CCN(C)C(=O)C3C)nc2)c1. The highest BCUT2D eigenvalue weighted by Gasteiger charge is 2.34. The quantitative estimate of drug-likeness (QED) is 0.604. The van der Waals surface area contributed by atoms with Crippen molar-refractivity contribution in [3.63, 3.8) is 0 Å². The van der Waals surface area contributed by atoms with Crippen molar-refractivity contribution in [3.8, 4) is 11.1 Å². The Morgan fingerprint density at radius 3 is 2.54 bits per heavy atom. The number of aromatic nitrogens is 3. The van der Waals surface area contributed by atoms with E-state index in [1.807, 2.05) is 13.0 Å². The smallest absolute Gasteiger partial charge is 0.342 e. The lowest BCUT2D eigenvalue weighted by atomic mass is 10.0. The maximum atomic E-state index is 13.0. The lowest BCUT2D eigenvalue weighted by Crippen LogP contribution is -2.56. The average molecular weight is 484 g/mol. The van der Waals surface area contributed by atoms with Gasteiger partial charge in [0.05, 0.1) is 0 Å². The molecule has 1 aliphatic heterocycles. The van der Waals surface area contributed by atoms with Gasteiger partial charge in [-0.3, -0.25) is 14.6 Å². The number of benzene rings is 1. The molecule has 1 aromatic carbocycles. The molecule has 1 fully saturated rings. The van der Waals surface area contributed by atoms with Crippen molar-refractivity contribution in [1.82, 2.24) is 24.8 Å². The third-order valence-corrected chi connectivity index (χ3v) is 5.73. The number of amides is 2. The fourth-order valence-electron chi connectivity index (χ4n) is 3.86. The highest BCUT2D eigenvalue weighted by Crippen LogP contribution is 2.29. The van der Waals surface area contributed by atoms with Gasteiger partial charge < -0.3 is 15.1 Å². The highest BCUT2D eigenvalue weighted by atomic mass is 19.4. The summed E-state index contributed by atoms with van der Waals surface area (Å²) < 4.78 is 38.9. The van der Waals surface area contributed by atoms with Gasteiger partial charge in [0, 0.05) is 43.8 Å². The Morgan fingerprint density at radius 1 is 1.09 bits per heavy atom. The lowest BCUT2D eigenvalue weighted by Gasteiger charge is -2.37. The van der Waals surface area contributed by atoms with Crippen molar-refractivity contribution < 1.29 is 22.8 Å². The Hall–Kier alpha value is -4.02. The zero-order chi connectivity index (χ0) is 25.3. The van der Waals surface area contributed by atoms with Crippen LogP contribution in [0.1, 0.15) is 28.7 Å². The molecule has 8 nitrogen and oxygen atoms in total. The number of halogens is 3. The Morgan fingerprint density at radius 2 is 1.86 bits per heavy atom. The number of carbonyl (C=O) groups excluding carboxylic acids is 2. The van der Waals surface area contributed by atoms with Crippen LogP contribution in [0.5, 0.6) is 0 Å². The molecule has 1 saturated heterocycles. The molecule has 0 radical (unpaired) electrons. The predicted molar refractivity (Wildman–Crippen MR) is 123 cm³/mol. The molecule has 4 rings (SSSR count). The van der Waals surface area contributed by atoms with Gasteiger partial charge in [-0.15, -0.1) is 0 Å². The van der Waals surface area contributed by atoms with E-state index in [1.54, 1.807) is 49.3 Å². The number of alkyl halides is 3. The number of hydrogen-bond acceptors (Lipinski definition) is 6. The highest BCUT2D eigenvalue weighted by molar-refractivity contribution is 5.97. The van der Waals surface area contributed by atoms with Crippen molar-refractivity contribution in [2.24, 2.45) is 0 Å². The number of aryl methyl sites for hydroxylation is 1. The molecule has 0 aliphatic carbocycles. The van der Waals surface area contributed by atoms with Gasteiger partial charge in [0.25, 0.3) is 5.91 Å². The lowest BCUT2D eigenvalue weighted by molar-refractivity contribution is -0.141. The molecule has 11 heteroatoms. The number of carbonyl (C=O) groups is 2. The van der Waals surface area contributed by atoms with Gasteiger partial charge in [-0.1, -0.05) is 12.1 Å². The molecule has 3 aromatic rings. The van der Waals surface area contributed by atoms with E-state index in [2.05, 4.69) is 20.3 Å². The first-order chi connectivity index (χ1) is 16.5. The van der Waals surface area contributed by atoms with Crippen LogP contribution in [0.15, 0.2) is 48.8 Å². The normalized spacial score (nSPS) is 16.4. The maximum absolute atomic E-state index is 13.0. The summed E-state index contributed by atoms with van der Waals surface area (Å²) in [5.41, 5.74) is 1.99. The average Bonchev–Trinajstić information content (AvgIpc) is 2.82. The molecule has 35 heavy (non-hydrogen) atoms. The monoisotopic (exact) mass is 484 g/mol. The summed E-state index contributed by atoms with van der Waals surface area (Å²) in [5, 5.41) is 2.81. The van der Waals surface area contributed by atoms with E-state index in [1.165, 1.54) is 4.90 Å². The molecular formula is C24H23F3N6O2. The van der Waals surface area contributed by atoms with Crippen LogP contribution in [0, 0.1) is 6.92 Å².